The second-order valence-corrected chi connectivity index (χ2v) is 12.0. The van der Waals surface area contributed by atoms with Crippen molar-refractivity contribution in [1.82, 2.24) is 0 Å². The number of aromatic hydroxyl groups is 2. The van der Waals surface area contributed by atoms with E-state index in [9.17, 15) is 30.6 Å². The maximum absolute atomic E-state index is 12.0. The molecule has 7 N–H and O–H groups in total. The minimum absolute atomic E-state index is 0.0583. The van der Waals surface area contributed by atoms with Crippen LogP contribution < -0.4 is 24.3 Å². The van der Waals surface area contributed by atoms with Crippen molar-refractivity contribution in [3.8, 4) is 45.6 Å². The molecule has 0 saturated heterocycles. The van der Waals surface area contributed by atoms with Gasteiger partial charge in [-0.3, -0.25) is 0 Å². The first-order valence-corrected chi connectivity index (χ1v) is 15.6. The third kappa shape index (κ3) is 5.35. The Morgan fingerprint density at radius 2 is 1.66 bits per heavy atom. The summed E-state index contributed by atoms with van der Waals surface area (Å²) in [4.78, 5) is 0. The first-order valence-electron chi connectivity index (χ1n) is 15.6. The number of ether oxygens (including phenoxy) is 4. The minimum Gasteiger partial charge on any atom is -0.507 e. The first-order chi connectivity index (χ1) is 22.8. The van der Waals surface area contributed by atoms with Gasteiger partial charge in [-0.2, -0.15) is 0 Å². The number of benzene rings is 4. The van der Waals surface area contributed by atoms with Crippen molar-refractivity contribution in [3.05, 3.63) is 87.5 Å². The lowest BCUT2D eigenvalue weighted by Gasteiger charge is -2.39. The Bertz CT molecular complexity index is 1840. The molecule has 2 aliphatic heterocycles. The Labute approximate surface area is 271 Å². The van der Waals surface area contributed by atoms with Gasteiger partial charge in [0.05, 0.1) is 38.6 Å². The molecule has 0 bridgehead atoms. The van der Waals surface area contributed by atoms with E-state index in [0.717, 1.165) is 27.8 Å². The predicted octanol–water partition coefficient (Wildman–Crippen LogP) is 4.33. The summed E-state index contributed by atoms with van der Waals surface area (Å²) in [5.41, 5.74) is 7.02. The van der Waals surface area contributed by atoms with Gasteiger partial charge in [-0.05, 0) is 47.2 Å². The maximum atomic E-state index is 12.0. The van der Waals surface area contributed by atoms with Gasteiger partial charge < -0.3 is 54.9 Å². The Morgan fingerprint density at radius 1 is 0.872 bits per heavy atom. The molecule has 47 heavy (non-hydrogen) atoms. The average molecular weight is 644 g/mol. The van der Waals surface area contributed by atoms with Crippen LogP contribution in [0.25, 0.3) is 11.1 Å². The lowest BCUT2D eigenvalue weighted by Crippen LogP contribution is -2.29. The largest absolute Gasteiger partial charge is 0.507 e. The van der Waals surface area contributed by atoms with Crippen molar-refractivity contribution < 1.29 is 49.6 Å². The van der Waals surface area contributed by atoms with Gasteiger partial charge in [0.15, 0.2) is 17.7 Å². The molecule has 4 aromatic carbocycles. The van der Waals surface area contributed by atoms with Crippen molar-refractivity contribution in [2.75, 3.05) is 32.2 Å². The van der Waals surface area contributed by atoms with E-state index in [1.165, 1.54) is 13.2 Å². The predicted molar refractivity (Wildman–Crippen MR) is 171 cm³/mol. The van der Waals surface area contributed by atoms with Crippen LogP contribution in [0, 0.1) is 0 Å². The summed E-state index contributed by atoms with van der Waals surface area (Å²) in [6, 6.07) is 14.1. The molecular weight excluding hydrogens is 606 g/mol. The highest BCUT2D eigenvalue weighted by Crippen LogP contribution is 2.57. The van der Waals surface area contributed by atoms with E-state index in [1.54, 1.807) is 18.2 Å². The van der Waals surface area contributed by atoms with Gasteiger partial charge in [-0.15, -0.1) is 0 Å². The molecule has 0 fully saturated rings. The number of methoxy groups -OCH3 is 1. The van der Waals surface area contributed by atoms with Crippen LogP contribution in [0.5, 0.6) is 34.5 Å². The van der Waals surface area contributed by atoms with Gasteiger partial charge in [0.25, 0.3) is 0 Å². The van der Waals surface area contributed by atoms with Gasteiger partial charge in [0.2, 0.25) is 5.75 Å². The zero-order valence-corrected chi connectivity index (χ0v) is 25.8. The van der Waals surface area contributed by atoms with Crippen LogP contribution in [0.15, 0.2) is 48.5 Å². The van der Waals surface area contributed by atoms with Crippen LogP contribution in [-0.4, -0.2) is 57.6 Å². The summed E-state index contributed by atoms with van der Waals surface area (Å²) < 4.78 is 23.6. The second-order valence-electron chi connectivity index (χ2n) is 12.0. The topological polar surface area (TPSA) is 170 Å². The van der Waals surface area contributed by atoms with Crippen LogP contribution >= 0.6 is 0 Å². The Balaban J connectivity index is 1.29. The maximum Gasteiger partial charge on any atom is 0.200 e. The van der Waals surface area contributed by atoms with Crippen molar-refractivity contribution in [2.24, 2.45) is 0 Å². The molecule has 0 aromatic heterocycles. The zero-order valence-electron chi connectivity index (χ0n) is 25.8. The number of fused-ring (bicyclic) bond motifs is 2. The Morgan fingerprint density at radius 3 is 2.45 bits per heavy atom. The van der Waals surface area contributed by atoms with Crippen LogP contribution in [-0.2, 0) is 26.1 Å². The lowest BCUT2D eigenvalue weighted by molar-refractivity contribution is 0.0877. The van der Waals surface area contributed by atoms with E-state index in [2.05, 4.69) is 5.32 Å². The number of nitrogens with one attached hydrogen (secondary N) is 1. The number of aliphatic hydroxyl groups is 4. The molecule has 0 radical (unpaired) electrons. The number of hydrogen-bond acceptors (Lipinski definition) is 11. The summed E-state index contributed by atoms with van der Waals surface area (Å²) in [5.74, 6) is 0.552. The van der Waals surface area contributed by atoms with Crippen LogP contribution in [0.2, 0.25) is 0 Å². The Kier molecular flexibility index (Phi) is 8.23. The molecule has 1 aliphatic carbocycles. The van der Waals surface area contributed by atoms with E-state index in [0.29, 0.717) is 58.7 Å². The fraction of sp³-hybridized carbons (Fsp3) is 0.333. The quantitative estimate of drug-likeness (QED) is 0.123. The van der Waals surface area contributed by atoms with Crippen molar-refractivity contribution in [1.29, 1.82) is 0 Å². The fourth-order valence-corrected chi connectivity index (χ4v) is 7.00. The van der Waals surface area contributed by atoms with Gasteiger partial charge in [-0.25, -0.2) is 0 Å². The number of hydrogen-bond donors (Lipinski definition) is 7. The van der Waals surface area contributed by atoms with E-state index >= 15 is 0 Å². The molecule has 0 unspecified atom stereocenters. The SMILES string of the molecule is COc1cc([C@H]2COc3cc4c5c(c3[C@H]2O)CCc2c(OCc3cccc(CO)c3)cc(O)c(c2-5)[C@@H](O)N4)cc(OCCCO)c1O. The zero-order chi connectivity index (χ0) is 32.8. The number of rotatable bonds is 10. The molecule has 4 aromatic rings. The summed E-state index contributed by atoms with van der Waals surface area (Å²) >= 11 is 0. The summed E-state index contributed by atoms with van der Waals surface area (Å²) in [5, 5.41) is 66.8. The smallest absolute Gasteiger partial charge is 0.200 e. The van der Waals surface area contributed by atoms with E-state index in [-0.39, 0.29) is 56.0 Å². The van der Waals surface area contributed by atoms with Gasteiger partial charge >= 0.3 is 0 Å². The van der Waals surface area contributed by atoms with E-state index < -0.39 is 18.2 Å². The van der Waals surface area contributed by atoms with Crippen LogP contribution in [0.4, 0.5) is 5.69 Å². The summed E-state index contributed by atoms with van der Waals surface area (Å²) in [6.45, 7) is 0.408. The number of phenols is 2. The second kappa shape index (κ2) is 12.5. The lowest BCUT2D eigenvalue weighted by atomic mass is 9.74. The third-order valence-corrected chi connectivity index (χ3v) is 9.22. The summed E-state index contributed by atoms with van der Waals surface area (Å²) in [6.07, 6.45) is -0.725. The molecule has 246 valence electrons. The molecule has 11 heteroatoms. The molecule has 0 saturated carbocycles. The number of phenolic OH excluding ortho intramolecular Hbond substituents is 2. The van der Waals surface area contributed by atoms with Crippen molar-refractivity contribution >= 4 is 5.69 Å². The molecule has 11 nitrogen and oxygen atoms in total. The Hall–Kier alpha value is -4.68. The summed E-state index contributed by atoms with van der Waals surface area (Å²) in [7, 11) is 1.44. The number of aliphatic hydroxyl groups excluding tert-OH is 4. The van der Waals surface area contributed by atoms with Gasteiger partial charge in [-0.1, -0.05) is 24.3 Å². The molecule has 7 rings (SSSR count). The standard InChI is InChI=1S/C36H37NO10/c1-44-28-11-20(12-29(35(28)42)45-9-3-8-38)23-17-47-27-13-24-30-22(31(27)34(23)41)7-6-21-26(14-25(40)33(32(21)30)36(43)37-24)46-16-19-5-2-4-18(10-19)15-39/h2,4-5,10-14,23,34,36-43H,3,6-9,15-17H2,1H3/t23-,34+,36-/m1/s1. The molecule has 3 atom stereocenters. The number of anilines is 1. The fourth-order valence-electron chi connectivity index (χ4n) is 7.00. The van der Waals surface area contributed by atoms with Crippen LogP contribution in [0.3, 0.4) is 0 Å². The van der Waals surface area contributed by atoms with Crippen molar-refractivity contribution in [3.63, 3.8) is 0 Å². The van der Waals surface area contributed by atoms with E-state index in [1.807, 2.05) is 24.3 Å². The minimum atomic E-state index is -1.18. The molecule has 3 aliphatic rings. The molecular formula is C36H37NO10. The molecule has 0 spiro atoms. The molecule has 0 amide bonds. The normalized spacial score (nSPS) is 18.8. The third-order valence-electron chi connectivity index (χ3n) is 9.22. The van der Waals surface area contributed by atoms with Crippen LogP contribution in [0.1, 0.15) is 63.6 Å². The van der Waals surface area contributed by atoms with Gasteiger partial charge in [0, 0.05) is 59.0 Å². The first kappa shape index (κ1) is 30.9. The highest BCUT2D eigenvalue weighted by atomic mass is 16.5. The highest BCUT2D eigenvalue weighted by Gasteiger charge is 2.41. The van der Waals surface area contributed by atoms with E-state index in [4.69, 9.17) is 18.9 Å². The average Bonchev–Trinajstić information content (AvgIpc) is 3.07. The molecule has 2 heterocycles. The van der Waals surface area contributed by atoms with Gasteiger partial charge in [0.1, 0.15) is 23.9 Å². The van der Waals surface area contributed by atoms with Crippen molar-refractivity contribution in [2.45, 2.75) is 50.7 Å². The highest BCUT2D eigenvalue weighted by molar-refractivity contribution is 5.93. The monoisotopic (exact) mass is 643 g/mol.